The van der Waals surface area contributed by atoms with E-state index >= 15 is 0 Å². The number of carbonyl (C=O) groups excluding carboxylic acids is 1. The number of benzene rings is 2. The number of piperidine rings is 1. The van der Waals surface area contributed by atoms with Gasteiger partial charge < -0.3 is 23.9 Å². The number of carbonyl (C=O) groups is 1. The lowest BCUT2D eigenvalue weighted by Crippen LogP contribution is -2.42. The molecule has 0 bridgehead atoms. The molecule has 0 unspecified atom stereocenters. The number of furan rings is 1. The molecule has 1 amide bonds. The molecular weight excluding hydrogens is 464 g/mol. The van der Waals surface area contributed by atoms with Crippen molar-refractivity contribution in [1.82, 2.24) is 9.80 Å². The zero-order chi connectivity index (χ0) is 24.4. The molecule has 2 aliphatic heterocycles. The standard InChI is InChI=1S/C27H32N2O5S/c1-32-22-4-6-23(33-2)20(16-22)18-28-9-7-27(31,8-10-28)21-3-5-24-19(15-21)17-25(34-24)26(30)29-11-13-35-14-12-29/h3-6,15-17,31H,7-14,18H2,1-2H3. The van der Waals surface area contributed by atoms with Crippen molar-refractivity contribution in [2.24, 2.45) is 0 Å². The van der Waals surface area contributed by atoms with E-state index in [1.54, 1.807) is 14.2 Å². The number of hydrogen-bond acceptors (Lipinski definition) is 7. The first kappa shape index (κ1) is 24.0. The highest BCUT2D eigenvalue weighted by Gasteiger charge is 2.34. The number of nitrogens with zero attached hydrogens (tertiary/aromatic N) is 2. The summed E-state index contributed by atoms with van der Waals surface area (Å²) in [6, 6.07) is 13.4. The molecule has 35 heavy (non-hydrogen) atoms. The molecule has 0 atom stereocenters. The Hall–Kier alpha value is -2.68. The van der Waals surface area contributed by atoms with Crippen LogP contribution < -0.4 is 9.47 Å². The van der Waals surface area contributed by atoms with Gasteiger partial charge >= 0.3 is 0 Å². The van der Waals surface area contributed by atoms with Crippen LogP contribution in [0, 0.1) is 0 Å². The minimum atomic E-state index is -0.908. The number of fused-ring (bicyclic) bond motifs is 1. The molecule has 0 aliphatic carbocycles. The van der Waals surface area contributed by atoms with Crippen molar-refractivity contribution in [1.29, 1.82) is 0 Å². The maximum Gasteiger partial charge on any atom is 0.289 e. The average molecular weight is 497 g/mol. The van der Waals surface area contributed by atoms with Crippen molar-refractivity contribution >= 4 is 28.6 Å². The van der Waals surface area contributed by atoms with Gasteiger partial charge in [0.1, 0.15) is 17.1 Å². The Morgan fingerprint density at radius 3 is 2.51 bits per heavy atom. The molecular formula is C27H32N2O5S. The van der Waals surface area contributed by atoms with E-state index in [4.69, 9.17) is 13.9 Å². The van der Waals surface area contributed by atoms with Crippen LogP contribution in [-0.4, -0.2) is 72.7 Å². The summed E-state index contributed by atoms with van der Waals surface area (Å²) in [5, 5.41) is 12.4. The Bertz CT molecular complexity index is 1200. The SMILES string of the molecule is COc1ccc(OC)c(CN2CCC(O)(c3ccc4oc(C(=O)N5CCSCC5)cc4c3)CC2)c1. The van der Waals surface area contributed by atoms with Crippen molar-refractivity contribution < 1.29 is 23.8 Å². The first-order chi connectivity index (χ1) is 17.0. The van der Waals surface area contributed by atoms with Gasteiger partial charge in [-0.15, -0.1) is 0 Å². The first-order valence-corrected chi connectivity index (χ1v) is 13.2. The van der Waals surface area contributed by atoms with Crippen LogP contribution in [0.2, 0.25) is 0 Å². The largest absolute Gasteiger partial charge is 0.497 e. The summed E-state index contributed by atoms with van der Waals surface area (Å²) in [6.07, 6.45) is 1.25. The monoisotopic (exact) mass is 496 g/mol. The van der Waals surface area contributed by atoms with Crippen LogP contribution in [0.4, 0.5) is 0 Å². The van der Waals surface area contributed by atoms with E-state index in [-0.39, 0.29) is 5.91 Å². The highest BCUT2D eigenvalue weighted by atomic mass is 32.2. The van der Waals surface area contributed by atoms with Crippen molar-refractivity contribution in [3.05, 3.63) is 59.4 Å². The Balaban J connectivity index is 1.28. The summed E-state index contributed by atoms with van der Waals surface area (Å²) in [4.78, 5) is 17.0. The number of thioether (sulfide) groups is 1. The van der Waals surface area contributed by atoms with Crippen LogP contribution >= 0.6 is 11.8 Å². The molecule has 0 radical (unpaired) electrons. The second-order valence-electron chi connectivity index (χ2n) is 9.25. The van der Waals surface area contributed by atoms with Gasteiger partial charge in [-0.05, 0) is 54.8 Å². The lowest BCUT2D eigenvalue weighted by molar-refractivity contribution is -0.0277. The van der Waals surface area contributed by atoms with Crippen LogP contribution in [0.3, 0.4) is 0 Å². The maximum atomic E-state index is 12.8. The number of rotatable bonds is 6. The predicted octanol–water partition coefficient (Wildman–Crippen LogP) is 4.12. The van der Waals surface area contributed by atoms with Crippen molar-refractivity contribution in [3.8, 4) is 11.5 Å². The van der Waals surface area contributed by atoms with Crippen LogP contribution in [0.1, 0.15) is 34.5 Å². The third-order valence-electron chi connectivity index (χ3n) is 7.13. The van der Waals surface area contributed by atoms with E-state index < -0.39 is 5.60 Å². The molecule has 0 spiro atoms. The van der Waals surface area contributed by atoms with Gasteiger partial charge in [0.2, 0.25) is 0 Å². The number of hydrogen-bond donors (Lipinski definition) is 1. The lowest BCUT2D eigenvalue weighted by atomic mass is 9.84. The van der Waals surface area contributed by atoms with Crippen LogP contribution in [0.15, 0.2) is 46.9 Å². The van der Waals surface area contributed by atoms with Gasteiger partial charge in [-0.25, -0.2) is 0 Å². The highest BCUT2D eigenvalue weighted by Crippen LogP contribution is 2.36. The van der Waals surface area contributed by atoms with E-state index in [9.17, 15) is 9.90 Å². The van der Waals surface area contributed by atoms with Crippen molar-refractivity contribution in [2.45, 2.75) is 25.0 Å². The van der Waals surface area contributed by atoms with Crippen molar-refractivity contribution in [3.63, 3.8) is 0 Å². The molecule has 3 aromatic rings. The summed E-state index contributed by atoms with van der Waals surface area (Å²) in [5.41, 5.74) is 1.71. The Morgan fingerprint density at radius 1 is 1.03 bits per heavy atom. The summed E-state index contributed by atoms with van der Waals surface area (Å²) >= 11 is 1.87. The fourth-order valence-corrected chi connectivity index (χ4v) is 5.88. The number of likely N-dealkylation sites (tertiary alicyclic amines) is 1. The molecule has 7 nitrogen and oxygen atoms in total. The third-order valence-corrected chi connectivity index (χ3v) is 8.07. The Morgan fingerprint density at radius 2 is 1.80 bits per heavy atom. The molecule has 1 N–H and O–H groups in total. The van der Waals surface area contributed by atoms with E-state index in [1.165, 1.54) is 0 Å². The molecule has 2 fully saturated rings. The number of ether oxygens (including phenoxy) is 2. The zero-order valence-corrected chi connectivity index (χ0v) is 21.1. The summed E-state index contributed by atoms with van der Waals surface area (Å²) in [7, 11) is 3.34. The predicted molar refractivity (Wildman–Crippen MR) is 137 cm³/mol. The highest BCUT2D eigenvalue weighted by molar-refractivity contribution is 7.99. The van der Waals surface area contributed by atoms with Gasteiger partial charge in [0.25, 0.3) is 5.91 Å². The first-order valence-electron chi connectivity index (χ1n) is 12.1. The smallest absolute Gasteiger partial charge is 0.289 e. The van der Waals surface area contributed by atoms with E-state index in [0.29, 0.717) is 24.2 Å². The molecule has 1 aromatic heterocycles. The average Bonchev–Trinajstić information content (AvgIpc) is 3.33. The summed E-state index contributed by atoms with van der Waals surface area (Å²) < 4.78 is 16.8. The van der Waals surface area contributed by atoms with E-state index in [1.807, 2.05) is 59.1 Å². The third kappa shape index (κ3) is 5.01. The quantitative estimate of drug-likeness (QED) is 0.550. The van der Waals surface area contributed by atoms with Crippen LogP contribution in [0.5, 0.6) is 11.5 Å². The van der Waals surface area contributed by atoms with Gasteiger partial charge in [0.05, 0.1) is 19.8 Å². The van der Waals surface area contributed by atoms with Crippen molar-refractivity contribution in [2.75, 3.05) is 51.9 Å². The molecule has 2 saturated heterocycles. The van der Waals surface area contributed by atoms with E-state index in [2.05, 4.69) is 4.90 Å². The topological polar surface area (TPSA) is 75.4 Å². The van der Waals surface area contributed by atoms with Crippen LogP contribution in [0.25, 0.3) is 11.0 Å². The van der Waals surface area contributed by atoms with Gasteiger partial charge in [-0.1, -0.05) is 6.07 Å². The molecule has 5 rings (SSSR count). The molecule has 186 valence electrons. The normalized spacial score (nSPS) is 18.5. The number of methoxy groups -OCH3 is 2. The molecule has 2 aliphatic rings. The van der Waals surface area contributed by atoms with Gasteiger partial charge in [0, 0.05) is 55.2 Å². The minimum absolute atomic E-state index is 0.0527. The van der Waals surface area contributed by atoms with Gasteiger partial charge in [-0.2, -0.15) is 11.8 Å². The second kappa shape index (κ2) is 10.1. The van der Waals surface area contributed by atoms with Gasteiger partial charge in [-0.3, -0.25) is 9.69 Å². The van der Waals surface area contributed by atoms with E-state index in [0.717, 1.165) is 72.2 Å². The second-order valence-corrected chi connectivity index (χ2v) is 10.5. The van der Waals surface area contributed by atoms with Gasteiger partial charge in [0.15, 0.2) is 5.76 Å². The Kier molecular flexibility index (Phi) is 6.95. The molecule has 0 saturated carbocycles. The lowest BCUT2D eigenvalue weighted by Gasteiger charge is -2.38. The molecule has 8 heteroatoms. The molecule has 3 heterocycles. The Labute approximate surface area is 210 Å². The zero-order valence-electron chi connectivity index (χ0n) is 20.3. The fraction of sp³-hybridized carbons (Fsp3) is 0.444. The molecule has 2 aromatic carbocycles. The van der Waals surface area contributed by atoms with Crippen LogP contribution in [-0.2, 0) is 12.1 Å². The number of aliphatic hydroxyl groups is 1. The number of amides is 1. The fourth-order valence-electron chi connectivity index (χ4n) is 4.98. The minimum Gasteiger partial charge on any atom is -0.497 e. The maximum absolute atomic E-state index is 12.8. The summed E-state index contributed by atoms with van der Waals surface area (Å²) in [6.45, 7) is 3.76. The summed E-state index contributed by atoms with van der Waals surface area (Å²) in [5.74, 6) is 3.89.